The van der Waals surface area contributed by atoms with Crippen molar-refractivity contribution in [3.05, 3.63) is 84.3 Å². The number of anilines is 2. The Morgan fingerprint density at radius 2 is 1.64 bits per heavy atom. The lowest BCUT2D eigenvalue weighted by atomic mass is 10.1. The number of aromatic amines is 1. The minimum Gasteiger partial charge on any atom is -0.351 e. The van der Waals surface area contributed by atoms with E-state index in [1.807, 2.05) is 59.5 Å². The highest BCUT2D eigenvalue weighted by Crippen LogP contribution is 2.17. The smallest absolute Gasteiger partial charge is 0.272 e. The lowest BCUT2D eigenvalue weighted by molar-refractivity contribution is -0.130. The fourth-order valence-electron chi connectivity index (χ4n) is 4.00. The van der Waals surface area contributed by atoms with Crippen molar-refractivity contribution in [2.45, 2.75) is 6.42 Å². The average molecular weight is 441 g/mol. The van der Waals surface area contributed by atoms with Crippen LogP contribution in [0.5, 0.6) is 0 Å². The molecular formula is C25H24N6O2. The zero-order valence-corrected chi connectivity index (χ0v) is 18.1. The van der Waals surface area contributed by atoms with Crippen LogP contribution in [0.25, 0.3) is 10.9 Å². The number of hydrogen-bond donors (Lipinski definition) is 2. The molecule has 8 nitrogen and oxygen atoms in total. The Morgan fingerprint density at radius 1 is 0.909 bits per heavy atom. The Balaban J connectivity index is 1.14. The minimum atomic E-state index is -0.199. The van der Waals surface area contributed by atoms with Crippen molar-refractivity contribution in [2.75, 3.05) is 36.4 Å². The molecule has 0 aliphatic carbocycles. The van der Waals surface area contributed by atoms with Crippen molar-refractivity contribution in [3.8, 4) is 0 Å². The summed E-state index contributed by atoms with van der Waals surface area (Å²) in [6.45, 7) is 2.73. The second-order valence-electron chi connectivity index (χ2n) is 8.01. The van der Waals surface area contributed by atoms with Gasteiger partial charge < -0.3 is 20.1 Å². The quantitative estimate of drug-likeness (QED) is 0.497. The van der Waals surface area contributed by atoms with Crippen LogP contribution in [0, 0.1) is 0 Å². The largest absolute Gasteiger partial charge is 0.351 e. The Hall–Kier alpha value is -4.20. The molecule has 1 aliphatic heterocycles. The Bertz CT molecular complexity index is 1230. The first-order chi connectivity index (χ1) is 16.2. The SMILES string of the molecule is O=C(Nc1ccc(CC(=O)N2CCN(c3ncccn3)CC2)cc1)c1cc2ccccc2[nH]1. The standard InChI is InChI=1S/C25H24N6O2/c32-23(30-12-14-31(15-13-30)25-26-10-3-11-27-25)16-18-6-8-20(9-7-18)28-24(33)22-17-19-4-1-2-5-21(19)29-22/h1-11,17,29H,12-16H2,(H,28,33). The summed E-state index contributed by atoms with van der Waals surface area (Å²) < 4.78 is 0. The number of nitrogens with zero attached hydrogens (tertiary/aromatic N) is 4. The van der Waals surface area contributed by atoms with Gasteiger partial charge in [-0.1, -0.05) is 30.3 Å². The van der Waals surface area contributed by atoms with Crippen LogP contribution in [0.2, 0.25) is 0 Å². The molecule has 0 bridgehead atoms. The highest BCUT2D eigenvalue weighted by molar-refractivity contribution is 6.05. The van der Waals surface area contributed by atoms with Crippen molar-refractivity contribution in [1.82, 2.24) is 19.9 Å². The van der Waals surface area contributed by atoms with E-state index in [1.54, 1.807) is 18.5 Å². The maximum absolute atomic E-state index is 12.7. The van der Waals surface area contributed by atoms with Gasteiger partial charge in [0.1, 0.15) is 5.69 Å². The molecule has 0 atom stereocenters. The summed E-state index contributed by atoms with van der Waals surface area (Å²) in [4.78, 5) is 41.0. The molecule has 1 aliphatic rings. The van der Waals surface area contributed by atoms with E-state index >= 15 is 0 Å². The van der Waals surface area contributed by atoms with E-state index in [4.69, 9.17) is 0 Å². The molecule has 8 heteroatoms. The van der Waals surface area contributed by atoms with E-state index < -0.39 is 0 Å². The summed E-state index contributed by atoms with van der Waals surface area (Å²) >= 11 is 0. The minimum absolute atomic E-state index is 0.0958. The molecule has 2 aromatic heterocycles. The van der Waals surface area contributed by atoms with E-state index in [0.717, 1.165) is 16.5 Å². The zero-order valence-electron chi connectivity index (χ0n) is 18.1. The number of rotatable bonds is 5. The molecule has 4 aromatic rings. The number of fused-ring (bicyclic) bond motifs is 1. The average Bonchev–Trinajstić information content (AvgIpc) is 3.31. The number of benzene rings is 2. The molecule has 2 amide bonds. The first-order valence-corrected chi connectivity index (χ1v) is 10.9. The number of amides is 2. The second-order valence-corrected chi connectivity index (χ2v) is 8.01. The van der Waals surface area contributed by atoms with Gasteiger partial charge in [-0.2, -0.15) is 0 Å². The Labute approximate surface area is 191 Å². The van der Waals surface area contributed by atoms with Crippen molar-refractivity contribution in [3.63, 3.8) is 0 Å². The number of carbonyl (C=O) groups is 2. The van der Waals surface area contributed by atoms with Crippen LogP contribution < -0.4 is 10.2 Å². The van der Waals surface area contributed by atoms with Gasteiger partial charge in [-0.25, -0.2) is 9.97 Å². The monoisotopic (exact) mass is 440 g/mol. The van der Waals surface area contributed by atoms with Crippen LogP contribution in [0.3, 0.4) is 0 Å². The third-order valence-electron chi connectivity index (χ3n) is 5.81. The van der Waals surface area contributed by atoms with Crippen molar-refractivity contribution >= 4 is 34.4 Å². The molecule has 0 saturated carbocycles. The number of H-pyrrole nitrogens is 1. The van der Waals surface area contributed by atoms with E-state index in [9.17, 15) is 9.59 Å². The molecule has 1 saturated heterocycles. The topological polar surface area (TPSA) is 94.2 Å². The van der Waals surface area contributed by atoms with Crippen LogP contribution in [0.15, 0.2) is 73.1 Å². The van der Waals surface area contributed by atoms with Gasteiger partial charge in [0.15, 0.2) is 0 Å². The molecular weight excluding hydrogens is 416 g/mol. The lowest BCUT2D eigenvalue weighted by Crippen LogP contribution is -2.49. The molecule has 2 N–H and O–H groups in total. The van der Waals surface area contributed by atoms with Gasteiger partial charge in [-0.15, -0.1) is 0 Å². The predicted octanol–water partition coefficient (Wildman–Crippen LogP) is 3.10. The number of aromatic nitrogens is 3. The zero-order chi connectivity index (χ0) is 22.6. The van der Waals surface area contributed by atoms with Crippen LogP contribution in [-0.4, -0.2) is 57.8 Å². The first kappa shape index (κ1) is 20.7. The molecule has 0 radical (unpaired) electrons. The number of hydrogen-bond acceptors (Lipinski definition) is 5. The first-order valence-electron chi connectivity index (χ1n) is 10.9. The third-order valence-corrected chi connectivity index (χ3v) is 5.81. The number of piperazine rings is 1. The molecule has 5 rings (SSSR count). The summed E-state index contributed by atoms with van der Waals surface area (Å²) in [5, 5.41) is 3.89. The van der Waals surface area contributed by atoms with E-state index in [-0.39, 0.29) is 11.8 Å². The second kappa shape index (κ2) is 9.12. The maximum atomic E-state index is 12.7. The van der Waals surface area contributed by atoms with Gasteiger partial charge in [0, 0.05) is 55.2 Å². The van der Waals surface area contributed by atoms with Crippen molar-refractivity contribution in [1.29, 1.82) is 0 Å². The van der Waals surface area contributed by atoms with Crippen LogP contribution in [0.1, 0.15) is 16.1 Å². The predicted molar refractivity (Wildman–Crippen MR) is 127 cm³/mol. The van der Waals surface area contributed by atoms with Gasteiger partial charge in [0.2, 0.25) is 11.9 Å². The highest BCUT2D eigenvalue weighted by atomic mass is 16.2. The molecule has 166 valence electrons. The lowest BCUT2D eigenvalue weighted by Gasteiger charge is -2.34. The fourth-order valence-corrected chi connectivity index (χ4v) is 4.00. The molecule has 2 aromatic carbocycles. The van der Waals surface area contributed by atoms with Crippen LogP contribution in [0.4, 0.5) is 11.6 Å². The molecule has 33 heavy (non-hydrogen) atoms. The number of carbonyl (C=O) groups excluding carboxylic acids is 2. The normalized spacial score (nSPS) is 13.8. The molecule has 1 fully saturated rings. The van der Waals surface area contributed by atoms with Gasteiger partial charge in [-0.3, -0.25) is 9.59 Å². The van der Waals surface area contributed by atoms with Gasteiger partial charge in [0.25, 0.3) is 5.91 Å². The van der Waals surface area contributed by atoms with E-state index in [0.29, 0.717) is 49.9 Å². The Kier molecular flexibility index (Phi) is 5.72. The van der Waals surface area contributed by atoms with Crippen molar-refractivity contribution in [2.24, 2.45) is 0 Å². The van der Waals surface area contributed by atoms with Gasteiger partial charge >= 0.3 is 0 Å². The maximum Gasteiger partial charge on any atom is 0.272 e. The molecule has 3 heterocycles. The number of nitrogens with one attached hydrogen (secondary N) is 2. The summed E-state index contributed by atoms with van der Waals surface area (Å²) in [6, 6.07) is 18.8. The van der Waals surface area contributed by atoms with Crippen LogP contribution in [-0.2, 0) is 11.2 Å². The highest BCUT2D eigenvalue weighted by Gasteiger charge is 2.22. The van der Waals surface area contributed by atoms with Crippen LogP contribution >= 0.6 is 0 Å². The summed E-state index contributed by atoms with van der Waals surface area (Å²) in [5.41, 5.74) is 3.04. The van der Waals surface area contributed by atoms with Gasteiger partial charge in [-0.05, 0) is 35.9 Å². The van der Waals surface area contributed by atoms with Gasteiger partial charge in [0.05, 0.1) is 6.42 Å². The fraction of sp³-hybridized carbons (Fsp3) is 0.200. The summed E-state index contributed by atoms with van der Waals surface area (Å²) in [7, 11) is 0. The number of para-hydroxylation sites is 1. The molecule has 0 spiro atoms. The van der Waals surface area contributed by atoms with E-state index in [2.05, 4.69) is 25.2 Å². The van der Waals surface area contributed by atoms with E-state index in [1.165, 1.54) is 0 Å². The summed E-state index contributed by atoms with van der Waals surface area (Å²) in [5.74, 6) is 0.600. The van der Waals surface area contributed by atoms with Crippen molar-refractivity contribution < 1.29 is 9.59 Å². The Morgan fingerprint density at radius 3 is 2.36 bits per heavy atom. The third kappa shape index (κ3) is 4.69. The molecule has 0 unspecified atom stereocenters. The summed E-state index contributed by atoms with van der Waals surface area (Å²) in [6.07, 6.45) is 3.79.